The maximum atomic E-state index is 5.62. The average molecular weight is 239 g/mol. The van der Waals surface area contributed by atoms with Crippen LogP contribution in [0.3, 0.4) is 0 Å². The molecule has 0 radical (unpaired) electrons. The molecule has 5 nitrogen and oxygen atoms in total. The quantitative estimate of drug-likeness (QED) is 0.847. The molecule has 2 heterocycles. The third-order valence-corrected chi connectivity index (χ3v) is 2.98. The summed E-state index contributed by atoms with van der Waals surface area (Å²) in [6.07, 6.45) is 2.49. The van der Waals surface area contributed by atoms with Gasteiger partial charge in [0.05, 0.1) is 6.61 Å². The molecule has 1 atom stereocenters. The fourth-order valence-corrected chi connectivity index (χ4v) is 1.94. The van der Waals surface area contributed by atoms with E-state index in [4.69, 9.17) is 9.26 Å². The number of ether oxygens (including phenoxy) is 1. The van der Waals surface area contributed by atoms with Gasteiger partial charge in [-0.3, -0.25) is 0 Å². The van der Waals surface area contributed by atoms with Gasteiger partial charge in [0.25, 0.3) is 5.89 Å². The molecule has 1 saturated heterocycles. The van der Waals surface area contributed by atoms with Crippen molar-refractivity contribution in [3.63, 3.8) is 0 Å². The summed E-state index contributed by atoms with van der Waals surface area (Å²) in [5, 5.41) is 7.27. The number of nitrogens with one attached hydrogen (secondary N) is 1. The minimum absolute atomic E-state index is 0.301. The molecule has 0 spiro atoms. The van der Waals surface area contributed by atoms with E-state index in [9.17, 15) is 0 Å². The maximum Gasteiger partial charge on any atom is 0.252 e. The summed E-state index contributed by atoms with van der Waals surface area (Å²) in [6, 6.07) is 0. The summed E-state index contributed by atoms with van der Waals surface area (Å²) < 4.78 is 10.7. The van der Waals surface area contributed by atoms with Gasteiger partial charge in [0, 0.05) is 12.5 Å². The fraction of sp³-hybridized carbons (Fsp3) is 0.833. The minimum Gasteiger partial charge on any atom is -0.371 e. The van der Waals surface area contributed by atoms with Crippen molar-refractivity contribution in [1.29, 1.82) is 0 Å². The van der Waals surface area contributed by atoms with Gasteiger partial charge in [0.2, 0.25) is 0 Å². The highest BCUT2D eigenvalue weighted by Crippen LogP contribution is 2.12. The normalized spacial score (nSPS) is 21.0. The molecule has 1 aromatic rings. The first-order valence-corrected chi connectivity index (χ1v) is 6.36. The number of hydrogen-bond donors (Lipinski definition) is 1. The lowest BCUT2D eigenvalue weighted by molar-refractivity contribution is 0.0619. The van der Waals surface area contributed by atoms with Crippen molar-refractivity contribution in [3.8, 4) is 0 Å². The summed E-state index contributed by atoms with van der Waals surface area (Å²) in [5.74, 6) is 2.26. The Morgan fingerprint density at radius 1 is 1.53 bits per heavy atom. The molecule has 0 amide bonds. The number of piperidine rings is 1. The van der Waals surface area contributed by atoms with Crippen LogP contribution in [0.1, 0.15) is 44.3 Å². The summed E-state index contributed by atoms with van der Waals surface area (Å²) in [4.78, 5) is 4.27. The molecule has 5 heteroatoms. The van der Waals surface area contributed by atoms with Gasteiger partial charge in [-0.05, 0) is 25.3 Å². The van der Waals surface area contributed by atoms with Crippen LogP contribution in [0.15, 0.2) is 4.52 Å². The van der Waals surface area contributed by atoms with Gasteiger partial charge in [-0.15, -0.1) is 0 Å². The highest BCUT2D eigenvalue weighted by Gasteiger charge is 2.14. The van der Waals surface area contributed by atoms with Crippen LogP contribution in [-0.4, -0.2) is 29.8 Å². The lowest BCUT2D eigenvalue weighted by atomic mass is 10.0. The maximum absolute atomic E-state index is 5.62. The summed E-state index contributed by atoms with van der Waals surface area (Å²) in [5.41, 5.74) is 0. The van der Waals surface area contributed by atoms with Crippen LogP contribution in [0.25, 0.3) is 0 Å². The van der Waals surface area contributed by atoms with E-state index in [1.54, 1.807) is 0 Å². The van der Waals surface area contributed by atoms with Crippen molar-refractivity contribution in [3.05, 3.63) is 11.7 Å². The minimum atomic E-state index is 0.301. The summed E-state index contributed by atoms with van der Waals surface area (Å²) >= 11 is 0. The third-order valence-electron chi connectivity index (χ3n) is 2.98. The Morgan fingerprint density at radius 2 is 2.41 bits per heavy atom. The van der Waals surface area contributed by atoms with Crippen molar-refractivity contribution in [2.75, 3.05) is 19.7 Å². The molecule has 0 saturated carbocycles. The number of aromatic nitrogens is 2. The molecule has 1 aromatic heterocycles. The Labute approximate surface area is 102 Å². The van der Waals surface area contributed by atoms with E-state index in [2.05, 4.69) is 15.5 Å². The van der Waals surface area contributed by atoms with E-state index in [1.165, 1.54) is 12.8 Å². The molecule has 17 heavy (non-hydrogen) atoms. The van der Waals surface area contributed by atoms with Crippen LogP contribution in [0, 0.1) is 5.92 Å². The third kappa shape index (κ3) is 3.78. The first-order chi connectivity index (χ1) is 8.25. The number of hydrogen-bond acceptors (Lipinski definition) is 5. The molecule has 0 aromatic carbocycles. The Bertz CT molecular complexity index is 332. The molecule has 1 aliphatic rings. The van der Waals surface area contributed by atoms with Gasteiger partial charge < -0.3 is 14.6 Å². The van der Waals surface area contributed by atoms with E-state index in [0.29, 0.717) is 24.3 Å². The van der Waals surface area contributed by atoms with E-state index in [-0.39, 0.29) is 0 Å². The van der Waals surface area contributed by atoms with E-state index in [1.807, 2.05) is 13.8 Å². The largest absolute Gasteiger partial charge is 0.371 e. The van der Waals surface area contributed by atoms with Crippen LogP contribution >= 0.6 is 0 Å². The topological polar surface area (TPSA) is 60.2 Å². The second-order valence-corrected chi connectivity index (χ2v) is 4.93. The molecule has 0 bridgehead atoms. The molecule has 1 unspecified atom stereocenters. The van der Waals surface area contributed by atoms with Crippen molar-refractivity contribution < 1.29 is 9.26 Å². The molecular formula is C12H21N3O2. The van der Waals surface area contributed by atoms with Crippen LogP contribution in [-0.2, 0) is 11.3 Å². The Balaban J connectivity index is 1.70. The second-order valence-electron chi connectivity index (χ2n) is 4.93. The lowest BCUT2D eigenvalue weighted by Gasteiger charge is -2.21. The van der Waals surface area contributed by atoms with Crippen molar-refractivity contribution in [1.82, 2.24) is 15.5 Å². The average Bonchev–Trinajstić information content (AvgIpc) is 2.79. The second kappa shape index (κ2) is 6.12. The van der Waals surface area contributed by atoms with Crippen LogP contribution < -0.4 is 5.32 Å². The number of rotatable bonds is 5. The van der Waals surface area contributed by atoms with Crippen molar-refractivity contribution >= 4 is 0 Å². The van der Waals surface area contributed by atoms with E-state index >= 15 is 0 Å². The zero-order valence-corrected chi connectivity index (χ0v) is 10.6. The lowest BCUT2D eigenvalue weighted by Crippen LogP contribution is -2.32. The Hall–Kier alpha value is -0.940. The van der Waals surface area contributed by atoms with Crippen LogP contribution in [0.5, 0.6) is 0 Å². The molecular weight excluding hydrogens is 218 g/mol. The molecule has 1 fully saturated rings. The van der Waals surface area contributed by atoms with E-state index in [0.717, 1.165) is 25.5 Å². The Morgan fingerprint density at radius 3 is 3.06 bits per heavy atom. The highest BCUT2D eigenvalue weighted by molar-refractivity contribution is 4.90. The predicted molar refractivity (Wildman–Crippen MR) is 63.6 cm³/mol. The summed E-state index contributed by atoms with van der Waals surface area (Å²) in [7, 11) is 0. The van der Waals surface area contributed by atoms with Gasteiger partial charge in [-0.25, -0.2) is 0 Å². The fourth-order valence-electron chi connectivity index (χ4n) is 1.94. The number of nitrogens with zero attached hydrogens (tertiary/aromatic N) is 2. The molecule has 96 valence electrons. The van der Waals surface area contributed by atoms with Gasteiger partial charge in [-0.2, -0.15) is 4.98 Å². The van der Waals surface area contributed by atoms with Crippen molar-refractivity contribution in [2.45, 2.75) is 39.2 Å². The van der Waals surface area contributed by atoms with E-state index < -0.39 is 0 Å². The molecule has 1 N–H and O–H groups in total. The standard InChI is InChI=1S/C12H21N3O2/c1-9(2)12-14-11(17-15-12)8-16-7-10-4-3-5-13-6-10/h9-10,13H,3-8H2,1-2H3. The predicted octanol–water partition coefficient (Wildman–Crippen LogP) is 1.71. The zero-order chi connectivity index (χ0) is 12.1. The molecule has 2 rings (SSSR count). The summed E-state index contributed by atoms with van der Waals surface area (Å²) in [6.45, 7) is 7.48. The first-order valence-electron chi connectivity index (χ1n) is 6.36. The van der Waals surface area contributed by atoms with Crippen LogP contribution in [0.2, 0.25) is 0 Å². The smallest absolute Gasteiger partial charge is 0.252 e. The SMILES string of the molecule is CC(C)c1noc(COCC2CCCNC2)n1. The first kappa shape index (κ1) is 12.5. The van der Waals surface area contributed by atoms with Gasteiger partial charge in [0.15, 0.2) is 5.82 Å². The van der Waals surface area contributed by atoms with Gasteiger partial charge >= 0.3 is 0 Å². The monoisotopic (exact) mass is 239 g/mol. The molecule has 0 aliphatic carbocycles. The van der Waals surface area contributed by atoms with Crippen LogP contribution in [0.4, 0.5) is 0 Å². The highest BCUT2D eigenvalue weighted by atomic mass is 16.5. The van der Waals surface area contributed by atoms with Crippen molar-refractivity contribution in [2.24, 2.45) is 5.92 Å². The Kier molecular flexibility index (Phi) is 4.50. The zero-order valence-electron chi connectivity index (χ0n) is 10.6. The molecule has 1 aliphatic heterocycles. The van der Waals surface area contributed by atoms with Gasteiger partial charge in [-0.1, -0.05) is 19.0 Å². The van der Waals surface area contributed by atoms with Gasteiger partial charge in [0.1, 0.15) is 6.61 Å².